The minimum absolute atomic E-state index is 0.0251. The van der Waals surface area contributed by atoms with Crippen LogP contribution in [0.2, 0.25) is 0 Å². The van der Waals surface area contributed by atoms with E-state index in [2.05, 4.69) is 5.32 Å². The normalized spacial score (nSPS) is 21.9. The van der Waals surface area contributed by atoms with Crippen molar-refractivity contribution in [2.24, 2.45) is 5.92 Å². The molecule has 0 bridgehead atoms. The number of carbonyl (C=O) groups is 3. The third-order valence-electron chi connectivity index (χ3n) is 2.98. The lowest BCUT2D eigenvalue weighted by Crippen LogP contribution is -2.42. The fourth-order valence-electron chi connectivity index (χ4n) is 2.10. The van der Waals surface area contributed by atoms with E-state index in [-0.39, 0.29) is 36.4 Å². The van der Waals surface area contributed by atoms with Gasteiger partial charge in [-0.3, -0.25) is 14.4 Å². The first kappa shape index (κ1) is 14.5. The maximum atomic E-state index is 11.2. The molecule has 102 valence electrons. The molecule has 1 saturated heterocycles. The van der Waals surface area contributed by atoms with E-state index < -0.39 is 6.10 Å². The first-order chi connectivity index (χ1) is 8.40. The van der Waals surface area contributed by atoms with Gasteiger partial charge in [-0.1, -0.05) is 0 Å². The smallest absolute Gasteiger partial charge is 0.302 e. The van der Waals surface area contributed by atoms with Gasteiger partial charge in [0.1, 0.15) is 6.10 Å². The Labute approximate surface area is 106 Å². The molecular weight excluding hydrogens is 238 g/mol. The summed E-state index contributed by atoms with van der Waals surface area (Å²) < 4.78 is 10.1. The fourth-order valence-corrected chi connectivity index (χ4v) is 2.10. The van der Waals surface area contributed by atoms with Crippen molar-refractivity contribution in [2.75, 3.05) is 6.61 Å². The molecule has 0 unspecified atom stereocenters. The summed E-state index contributed by atoms with van der Waals surface area (Å²) in [6, 6.07) is -0.119. The zero-order valence-electron chi connectivity index (χ0n) is 10.9. The van der Waals surface area contributed by atoms with E-state index in [1.54, 1.807) is 6.92 Å². The molecule has 0 spiro atoms. The van der Waals surface area contributed by atoms with Gasteiger partial charge in [0, 0.05) is 26.3 Å². The third-order valence-corrected chi connectivity index (χ3v) is 2.98. The molecule has 1 aliphatic heterocycles. The molecule has 1 amide bonds. The van der Waals surface area contributed by atoms with E-state index in [1.165, 1.54) is 13.8 Å². The number of hydrogen-bond donors (Lipinski definition) is 1. The maximum absolute atomic E-state index is 11.2. The lowest BCUT2D eigenvalue weighted by Gasteiger charge is -2.28. The van der Waals surface area contributed by atoms with Gasteiger partial charge < -0.3 is 14.8 Å². The van der Waals surface area contributed by atoms with Gasteiger partial charge in [-0.25, -0.2) is 0 Å². The van der Waals surface area contributed by atoms with Crippen LogP contribution in [0.15, 0.2) is 0 Å². The number of nitrogens with one attached hydrogen (secondary N) is 1. The summed E-state index contributed by atoms with van der Waals surface area (Å²) in [7, 11) is 0. The predicted octanol–water partition coefficient (Wildman–Crippen LogP) is 0.396. The van der Waals surface area contributed by atoms with Gasteiger partial charge in [0.05, 0.1) is 12.5 Å². The Morgan fingerprint density at radius 2 is 2.06 bits per heavy atom. The Balaban J connectivity index is 2.64. The standard InChI is InChI=1S/C12H19NO5/c1-7(18-9(3)15)10(6-17-8(2)14)11-4-5-12(16)13-11/h7,10-11H,4-6H2,1-3H3,(H,13,16)/t7-,10-,11-/m1/s1. The molecule has 3 atom stereocenters. The van der Waals surface area contributed by atoms with Crippen molar-refractivity contribution in [3.05, 3.63) is 0 Å². The van der Waals surface area contributed by atoms with Crippen LogP contribution in [0.25, 0.3) is 0 Å². The van der Waals surface area contributed by atoms with E-state index >= 15 is 0 Å². The van der Waals surface area contributed by atoms with Crippen molar-refractivity contribution in [3.8, 4) is 0 Å². The van der Waals surface area contributed by atoms with Crippen LogP contribution in [0, 0.1) is 5.92 Å². The zero-order valence-corrected chi connectivity index (χ0v) is 10.9. The Kier molecular flexibility index (Phi) is 5.12. The van der Waals surface area contributed by atoms with Crippen molar-refractivity contribution in [3.63, 3.8) is 0 Å². The summed E-state index contributed by atoms with van der Waals surface area (Å²) in [4.78, 5) is 33.0. The van der Waals surface area contributed by atoms with Crippen molar-refractivity contribution in [1.29, 1.82) is 0 Å². The molecule has 1 aliphatic rings. The second kappa shape index (κ2) is 6.37. The maximum Gasteiger partial charge on any atom is 0.302 e. The number of carbonyl (C=O) groups excluding carboxylic acids is 3. The summed E-state index contributed by atoms with van der Waals surface area (Å²) in [5, 5.41) is 2.81. The first-order valence-corrected chi connectivity index (χ1v) is 6.00. The van der Waals surface area contributed by atoms with Crippen LogP contribution in [0.3, 0.4) is 0 Å². The molecule has 0 aromatic carbocycles. The fraction of sp³-hybridized carbons (Fsp3) is 0.750. The molecule has 6 nitrogen and oxygen atoms in total. The highest BCUT2D eigenvalue weighted by atomic mass is 16.6. The van der Waals surface area contributed by atoms with Crippen LogP contribution in [0.4, 0.5) is 0 Å². The number of amides is 1. The van der Waals surface area contributed by atoms with E-state index in [1.807, 2.05) is 0 Å². The molecule has 0 radical (unpaired) electrons. The van der Waals surface area contributed by atoms with Gasteiger partial charge in [-0.2, -0.15) is 0 Å². The largest absolute Gasteiger partial charge is 0.465 e. The monoisotopic (exact) mass is 257 g/mol. The lowest BCUT2D eigenvalue weighted by atomic mass is 9.94. The van der Waals surface area contributed by atoms with Crippen LogP contribution in [-0.2, 0) is 23.9 Å². The highest BCUT2D eigenvalue weighted by Gasteiger charge is 2.34. The second-order valence-corrected chi connectivity index (χ2v) is 4.49. The molecule has 0 aliphatic carbocycles. The van der Waals surface area contributed by atoms with Gasteiger partial charge in [-0.15, -0.1) is 0 Å². The predicted molar refractivity (Wildman–Crippen MR) is 62.5 cm³/mol. The second-order valence-electron chi connectivity index (χ2n) is 4.49. The number of esters is 2. The minimum atomic E-state index is -0.412. The van der Waals surface area contributed by atoms with Crippen LogP contribution < -0.4 is 5.32 Å². The van der Waals surface area contributed by atoms with E-state index in [0.29, 0.717) is 12.8 Å². The van der Waals surface area contributed by atoms with E-state index in [9.17, 15) is 14.4 Å². The van der Waals surface area contributed by atoms with Gasteiger partial charge in [0.15, 0.2) is 0 Å². The van der Waals surface area contributed by atoms with Gasteiger partial charge in [0.25, 0.3) is 0 Å². The average Bonchev–Trinajstić information content (AvgIpc) is 2.63. The van der Waals surface area contributed by atoms with Crippen molar-refractivity contribution in [2.45, 2.75) is 45.8 Å². The Hall–Kier alpha value is -1.59. The summed E-state index contributed by atoms with van der Waals surface area (Å²) >= 11 is 0. The Morgan fingerprint density at radius 3 is 2.50 bits per heavy atom. The quantitative estimate of drug-likeness (QED) is 0.721. The van der Waals surface area contributed by atoms with Crippen LogP contribution in [0.1, 0.15) is 33.6 Å². The molecule has 0 aromatic heterocycles. The summed E-state index contributed by atoms with van der Waals surface area (Å²) in [5.74, 6) is -1.02. The number of ether oxygens (including phenoxy) is 2. The molecule has 0 saturated carbocycles. The van der Waals surface area contributed by atoms with Gasteiger partial charge in [-0.05, 0) is 13.3 Å². The average molecular weight is 257 g/mol. The van der Waals surface area contributed by atoms with Crippen molar-refractivity contribution in [1.82, 2.24) is 5.32 Å². The minimum Gasteiger partial charge on any atom is -0.465 e. The first-order valence-electron chi connectivity index (χ1n) is 6.00. The SMILES string of the molecule is CC(=O)OC[C@@H]([C@H]1CCC(=O)N1)[C@@H](C)OC(C)=O. The highest BCUT2D eigenvalue weighted by Crippen LogP contribution is 2.21. The molecule has 18 heavy (non-hydrogen) atoms. The summed E-state index contributed by atoms with van der Waals surface area (Å²) in [6.07, 6.45) is 0.704. The van der Waals surface area contributed by atoms with Crippen LogP contribution in [-0.4, -0.2) is 36.6 Å². The molecule has 1 rings (SSSR count). The topological polar surface area (TPSA) is 81.7 Å². The molecule has 1 heterocycles. The van der Waals surface area contributed by atoms with Gasteiger partial charge in [0.2, 0.25) is 5.91 Å². The highest BCUT2D eigenvalue weighted by molar-refractivity contribution is 5.78. The Bertz CT molecular complexity index is 341. The molecule has 6 heteroatoms. The molecular formula is C12H19NO5. The summed E-state index contributed by atoms with van der Waals surface area (Å²) in [5.41, 5.74) is 0. The molecule has 1 N–H and O–H groups in total. The van der Waals surface area contributed by atoms with E-state index in [0.717, 1.165) is 0 Å². The number of hydrogen-bond acceptors (Lipinski definition) is 5. The summed E-state index contributed by atoms with van der Waals surface area (Å²) in [6.45, 7) is 4.52. The zero-order chi connectivity index (χ0) is 13.7. The van der Waals surface area contributed by atoms with Crippen molar-refractivity contribution >= 4 is 17.8 Å². The third kappa shape index (κ3) is 4.35. The lowest BCUT2D eigenvalue weighted by molar-refractivity contribution is -0.152. The number of rotatable bonds is 5. The molecule has 0 aromatic rings. The van der Waals surface area contributed by atoms with Crippen LogP contribution in [0.5, 0.6) is 0 Å². The molecule has 1 fully saturated rings. The van der Waals surface area contributed by atoms with Gasteiger partial charge >= 0.3 is 11.9 Å². The van der Waals surface area contributed by atoms with E-state index in [4.69, 9.17) is 9.47 Å². The van der Waals surface area contributed by atoms with Crippen molar-refractivity contribution < 1.29 is 23.9 Å². The van der Waals surface area contributed by atoms with Crippen LogP contribution >= 0.6 is 0 Å². The Morgan fingerprint density at radius 1 is 1.39 bits per heavy atom.